The smallest absolute Gasteiger partial charge is 0.306 e. The van der Waals surface area contributed by atoms with Crippen LogP contribution >= 0.6 is 0 Å². The van der Waals surface area contributed by atoms with Gasteiger partial charge in [0.1, 0.15) is 11.3 Å². The number of hydrogen-bond acceptors (Lipinski definition) is 2. The third kappa shape index (κ3) is 4.10. The van der Waals surface area contributed by atoms with E-state index in [-0.39, 0.29) is 0 Å². The molecular weight excluding hydrogens is 312 g/mol. The molecule has 0 fully saturated rings. The van der Waals surface area contributed by atoms with Crippen LogP contribution in [0.3, 0.4) is 0 Å². The number of aliphatic carboxylic acids is 1. The highest BCUT2D eigenvalue weighted by Crippen LogP contribution is 2.23. The summed E-state index contributed by atoms with van der Waals surface area (Å²) >= 11 is 0. The molecule has 3 nitrogen and oxygen atoms in total. The quantitative estimate of drug-likeness (QED) is 0.699. The van der Waals surface area contributed by atoms with Gasteiger partial charge in [0.15, 0.2) is 0 Å². The van der Waals surface area contributed by atoms with Crippen LogP contribution in [0.2, 0.25) is 0 Å². The topological polar surface area (TPSA) is 50.4 Å². The van der Waals surface area contributed by atoms with Crippen molar-refractivity contribution in [3.8, 4) is 11.8 Å². The molecule has 0 aliphatic rings. The zero-order chi connectivity index (χ0) is 17.8. The Balaban J connectivity index is 1.83. The minimum atomic E-state index is -0.785. The average molecular weight is 332 g/mol. The Morgan fingerprint density at radius 1 is 1.08 bits per heavy atom. The van der Waals surface area contributed by atoms with Gasteiger partial charge in [0.05, 0.1) is 5.92 Å². The molecule has 0 saturated heterocycles. The molecule has 3 heteroatoms. The van der Waals surface area contributed by atoms with Gasteiger partial charge in [-0.1, -0.05) is 36.5 Å². The number of carboxylic acids is 1. The Morgan fingerprint density at radius 3 is 2.44 bits per heavy atom. The molecule has 0 aliphatic heterocycles. The largest absolute Gasteiger partial charge is 0.481 e. The lowest BCUT2D eigenvalue weighted by Gasteiger charge is -2.06. The third-order valence-electron chi connectivity index (χ3n) is 4.26. The lowest BCUT2D eigenvalue weighted by Crippen LogP contribution is -2.14. The number of carbonyl (C=O) groups is 1. The highest BCUT2D eigenvalue weighted by atomic mass is 16.4. The number of aryl methyl sites for hydroxylation is 1. The molecule has 3 rings (SSSR count). The predicted octanol–water partition coefficient (Wildman–Crippen LogP) is 4.79. The molecule has 0 aliphatic carbocycles. The first-order valence-electron chi connectivity index (χ1n) is 8.39. The van der Waals surface area contributed by atoms with E-state index in [4.69, 9.17) is 4.42 Å². The minimum absolute atomic E-state index is 0.408. The molecule has 0 spiro atoms. The van der Waals surface area contributed by atoms with Crippen LogP contribution in [0.4, 0.5) is 0 Å². The van der Waals surface area contributed by atoms with Crippen molar-refractivity contribution in [2.45, 2.75) is 26.7 Å². The number of furan rings is 1. The van der Waals surface area contributed by atoms with E-state index in [1.54, 1.807) is 0 Å². The molecule has 0 radical (unpaired) electrons. The van der Waals surface area contributed by atoms with Crippen LogP contribution in [0.15, 0.2) is 52.9 Å². The summed E-state index contributed by atoms with van der Waals surface area (Å²) in [6, 6.07) is 15.8. The second-order valence-corrected chi connectivity index (χ2v) is 6.23. The Kier molecular flexibility index (Phi) is 4.90. The molecule has 1 atom stereocenters. The van der Waals surface area contributed by atoms with E-state index in [1.807, 2.05) is 55.5 Å². The van der Waals surface area contributed by atoms with Crippen molar-refractivity contribution in [1.82, 2.24) is 0 Å². The zero-order valence-corrected chi connectivity index (χ0v) is 14.4. The van der Waals surface area contributed by atoms with Crippen LogP contribution in [0.5, 0.6) is 0 Å². The van der Waals surface area contributed by atoms with Crippen molar-refractivity contribution in [1.29, 1.82) is 0 Å². The van der Waals surface area contributed by atoms with Crippen molar-refractivity contribution in [2.24, 2.45) is 5.92 Å². The molecule has 1 aromatic heterocycles. The average Bonchev–Trinajstić information content (AvgIpc) is 3.00. The maximum Gasteiger partial charge on any atom is 0.306 e. The second kappa shape index (κ2) is 7.27. The Bertz CT molecular complexity index is 952. The molecule has 25 heavy (non-hydrogen) atoms. The highest BCUT2D eigenvalue weighted by molar-refractivity contribution is 5.80. The first kappa shape index (κ1) is 16.9. The molecule has 2 aromatic carbocycles. The van der Waals surface area contributed by atoms with Gasteiger partial charge in [0.2, 0.25) is 0 Å². The number of benzene rings is 2. The highest BCUT2D eigenvalue weighted by Gasteiger charge is 2.18. The van der Waals surface area contributed by atoms with Crippen LogP contribution in [-0.4, -0.2) is 11.1 Å². The molecule has 1 N–H and O–H groups in total. The van der Waals surface area contributed by atoms with Gasteiger partial charge in [-0.25, -0.2) is 0 Å². The van der Waals surface area contributed by atoms with Crippen molar-refractivity contribution < 1.29 is 14.3 Å². The van der Waals surface area contributed by atoms with Gasteiger partial charge < -0.3 is 9.52 Å². The van der Waals surface area contributed by atoms with Gasteiger partial charge in [0, 0.05) is 22.9 Å². The van der Waals surface area contributed by atoms with E-state index >= 15 is 0 Å². The van der Waals surface area contributed by atoms with Crippen LogP contribution in [0, 0.1) is 24.7 Å². The molecule has 0 saturated carbocycles. The Morgan fingerprint density at radius 2 is 1.76 bits per heavy atom. The second-order valence-electron chi connectivity index (χ2n) is 6.23. The number of fused-ring (bicyclic) bond motifs is 1. The van der Waals surface area contributed by atoms with Crippen molar-refractivity contribution in [2.75, 3.05) is 0 Å². The summed E-state index contributed by atoms with van der Waals surface area (Å²) in [5.74, 6) is 5.83. The molecule has 126 valence electrons. The molecule has 1 heterocycles. The number of carboxylic acid groups (broad SMARTS) is 1. The molecule has 0 unspecified atom stereocenters. The van der Waals surface area contributed by atoms with Crippen molar-refractivity contribution >= 4 is 16.9 Å². The molecule has 0 bridgehead atoms. The monoisotopic (exact) mass is 332 g/mol. The van der Waals surface area contributed by atoms with Crippen molar-refractivity contribution in [3.63, 3.8) is 0 Å². The number of hydrogen-bond donors (Lipinski definition) is 1. The zero-order valence-electron chi connectivity index (χ0n) is 14.4. The van der Waals surface area contributed by atoms with Gasteiger partial charge in [-0.2, -0.15) is 0 Å². The van der Waals surface area contributed by atoms with Gasteiger partial charge in [0.25, 0.3) is 0 Å². The summed E-state index contributed by atoms with van der Waals surface area (Å²) in [5.41, 5.74) is 3.86. The molecular formula is C22H20O3. The van der Waals surface area contributed by atoms with Crippen LogP contribution in [0.1, 0.15) is 35.8 Å². The van der Waals surface area contributed by atoms with E-state index in [9.17, 15) is 9.90 Å². The lowest BCUT2D eigenvalue weighted by atomic mass is 10.0. The summed E-state index contributed by atoms with van der Waals surface area (Å²) < 4.78 is 5.77. The van der Waals surface area contributed by atoms with E-state index in [0.29, 0.717) is 18.6 Å². The first-order valence-corrected chi connectivity index (χ1v) is 8.39. The summed E-state index contributed by atoms with van der Waals surface area (Å²) in [7, 11) is 0. The fourth-order valence-electron chi connectivity index (χ4n) is 2.71. The summed E-state index contributed by atoms with van der Waals surface area (Å²) in [6.45, 7) is 3.93. The maximum atomic E-state index is 11.2. The fraction of sp³-hybridized carbons (Fsp3) is 0.227. The maximum absolute atomic E-state index is 11.2. The lowest BCUT2D eigenvalue weighted by molar-refractivity contribution is -0.141. The van der Waals surface area contributed by atoms with E-state index in [0.717, 1.165) is 22.1 Å². The van der Waals surface area contributed by atoms with Gasteiger partial charge in [-0.3, -0.25) is 4.79 Å². The molecule has 3 aromatic rings. The van der Waals surface area contributed by atoms with Gasteiger partial charge >= 0.3 is 5.97 Å². The summed E-state index contributed by atoms with van der Waals surface area (Å²) in [6.07, 6.45) is 0.991. The van der Waals surface area contributed by atoms with Gasteiger partial charge in [-0.15, -0.1) is 0 Å². The van der Waals surface area contributed by atoms with Crippen LogP contribution < -0.4 is 0 Å². The SMILES string of the molecule is CC[C@@H](Cc1cc2cc(C#Cc3ccc(C)cc3)ccc2o1)C(=O)O. The van der Waals surface area contributed by atoms with E-state index in [2.05, 4.69) is 18.8 Å². The normalized spacial score (nSPS) is 11.8. The third-order valence-corrected chi connectivity index (χ3v) is 4.26. The fourth-order valence-corrected chi connectivity index (χ4v) is 2.71. The van der Waals surface area contributed by atoms with Gasteiger partial charge in [-0.05, 0) is 49.7 Å². The Labute approximate surface area is 147 Å². The predicted molar refractivity (Wildman–Crippen MR) is 98.5 cm³/mol. The van der Waals surface area contributed by atoms with Crippen molar-refractivity contribution in [3.05, 3.63) is 71.0 Å². The number of rotatable bonds is 4. The van der Waals surface area contributed by atoms with E-state index in [1.165, 1.54) is 5.56 Å². The van der Waals surface area contributed by atoms with Crippen LogP contribution in [-0.2, 0) is 11.2 Å². The first-order chi connectivity index (χ1) is 12.0. The van der Waals surface area contributed by atoms with Crippen LogP contribution in [0.25, 0.3) is 11.0 Å². The Hall–Kier alpha value is -2.99. The molecule has 0 amide bonds. The summed E-state index contributed by atoms with van der Waals surface area (Å²) in [4.78, 5) is 11.2. The summed E-state index contributed by atoms with van der Waals surface area (Å²) in [5, 5.41) is 10.1. The minimum Gasteiger partial charge on any atom is -0.481 e. The van der Waals surface area contributed by atoms with E-state index < -0.39 is 11.9 Å². The standard InChI is InChI=1S/C22H20O3/c1-3-18(22(23)24)13-20-14-19-12-17(10-11-21(19)25-20)9-8-16-6-4-15(2)5-7-16/h4-7,10-12,14,18H,3,13H2,1-2H3,(H,23,24)/t18-/m0/s1.